The molecule has 0 radical (unpaired) electrons. The molecule has 0 spiro atoms. The largest absolute Gasteiger partial charge is 0.472 e. The summed E-state index contributed by atoms with van der Waals surface area (Å²) in [6, 6.07) is 9.10. The SMILES string of the molecule is CCOC(=O)N[C@@H](c1ccoc1)[C@@H](O)C(=O)OC1CC2C(C)(C)C1(C)[C@@]13C[C@H](C)c4ccccc4[C@@]21O3. The fraction of sp³-hybridized carbons (Fsp3) is 0.586. The number of fused-ring (bicyclic) bond motifs is 3. The van der Waals surface area contributed by atoms with Crippen LogP contribution in [0, 0.1) is 16.7 Å². The van der Waals surface area contributed by atoms with Crippen LogP contribution in [0.1, 0.15) is 76.1 Å². The summed E-state index contributed by atoms with van der Waals surface area (Å²) in [7, 11) is 0. The summed E-state index contributed by atoms with van der Waals surface area (Å²) in [6.45, 7) is 10.8. The van der Waals surface area contributed by atoms with Crippen molar-refractivity contribution in [3.63, 3.8) is 0 Å². The number of carbonyl (C=O) groups is 2. The van der Waals surface area contributed by atoms with Crippen LogP contribution in [0.15, 0.2) is 47.3 Å². The van der Waals surface area contributed by atoms with Gasteiger partial charge in [0.05, 0.1) is 25.2 Å². The number of amides is 1. The molecular formula is C29H35NO7. The van der Waals surface area contributed by atoms with Gasteiger partial charge in [-0.3, -0.25) is 0 Å². The minimum absolute atomic E-state index is 0.159. The molecule has 6 rings (SSSR count). The van der Waals surface area contributed by atoms with Crippen molar-refractivity contribution in [1.29, 1.82) is 0 Å². The molecule has 2 heterocycles. The Morgan fingerprint density at radius 1 is 1.22 bits per heavy atom. The van der Waals surface area contributed by atoms with E-state index in [1.165, 1.54) is 23.7 Å². The molecule has 1 aromatic heterocycles. The maximum atomic E-state index is 13.4. The smallest absolute Gasteiger partial charge is 0.407 e. The number of aliphatic hydroxyl groups is 1. The van der Waals surface area contributed by atoms with E-state index < -0.39 is 41.3 Å². The van der Waals surface area contributed by atoms with Gasteiger partial charge in [-0.25, -0.2) is 9.59 Å². The summed E-state index contributed by atoms with van der Waals surface area (Å²) in [5.41, 5.74) is 1.66. The molecule has 2 aromatic rings. The van der Waals surface area contributed by atoms with Gasteiger partial charge in [0, 0.05) is 16.9 Å². The second-order valence-corrected chi connectivity index (χ2v) is 11.8. The number of esters is 1. The summed E-state index contributed by atoms with van der Waals surface area (Å²) in [4.78, 5) is 25.6. The molecule has 3 aliphatic carbocycles. The fourth-order valence-corrected chi connectivity index (χ4v) is 8.35. The van der Waals surface area contributed by atoms with Crippen LogP contribution in [-0.2, 0) is 24.6 Å². The third-order valence-electron chi connectivity index (χ3n) is 10.3. The van der Waals surface area contributed by atoms with E-state index >= 15 is 0 Å². The first-order valence-electron chi connectivity index (χ1n) is 13.2. The molecule has 198 valence electrons. The topological polar surface area (TPSA) is 111 Å². The van der Waals surface area contributed by atoms with E-state index in [1.807, 2.05) is 0 Å². The van der Waals surface area contributed by atoms with Gasteiger partial charge in [0.25, 0.3) is 0 Å². The number of alkyl carbamates (subject to hydrolysis) is 1. The van der Waals surface area contributed by atoms with Crippen LogP contribution in [0.25, 0.3) is 0 Å². The van der Waals surface area contributed by atoms with Crippen LogP contribution in [0.2, 0.25) is 0 Å². The number of ether oxygens (including phenoxy) is 3. The third kappa shape index (κ3) is 2.86. The number of benzene rings is 1. The van der Waals surface area contributed by atoms with E-state index in [-0.39, 0.29) is 23.5 Å². The first-order valence-corrected chi connectivity index (χ1v) is 13.2. The van der Waals surface area contributed by atoms with Crippen LogP contribution in [0.5, 0.6) is 0 Å². The van der Waals surface area contributed by atoms with Gasteiger partial charge in [-0.2, -0.15) is 0 Å². The molecule has 2 saturated carbocycles. The zero-order valence-electron chi connectivity index (χ0n) is 21.9. The lowest BCUT2D eigenvalue weighted by atomic mass is 9.58. The van der Waals surface area contributed by atoms with E-state index in [2.05, 4.69) is 57.3 Å². The summed E-state index contributed by atoms with van der Waals surface area (Å²) >= 11 is 0. The van der Waals surface area contributed by atoms with Crippen LogP contribution >= 0.6 is 0 Å². The molecule has 1 aromatic carbocycles. The highest BCUT2D eigenvalue weighted by Crippen LogP contribution is 2.89. The van der Waals surface area contributed by atoms with Crippen molar-refractivity contribution in [2.75, 3.05) is 6.61 Å². The van der Waals surface area contributed by atoms with Crippen molar-refractivity contribution in [2.45, 2.75) is 82.8 Å². The van der Waals surface area contributed by atoms with Crippen LogP contribution in [0.4, 0.5) is 4.79 Å². The maximum Gasteiger partial charge on any atom is 0.407 e. The van der Waals surface area contributed by atoms with Crippen molar-refractivity contribution in [3.05, 3.63) is 59.5 Å². The molecule has 1 aliphatic heterocycles. The molecule has 2 N–H and O–H groups in total. The summed E-state index contributed by atoms with van der Waals surface area (Å²) in [6.07, 6.45) is 1.49. The van der Waals surface area contributed by atoms with Crippen molar-refractivity contribution >= 4 is 12.1 Å². The number of nitrogens with one attached hydrogen (secondary N) is 1. The number of furan rings is 1. The number of aliphatic hydroxyl groups excluding tert-OH is 1. The van der Waals surface area contributed by atoms with Crippen LogP contribution < -0.4 is 5.32 Å². The molecule has 3 unspecified atom stereocenters. The Labute approximate surface area is 216 Å². The predicted molar refractivity (Wildman–Crippen MR) is 132 cm³/mol. The van der Waals surface area contributed by atoms with Crippen molar-refractivity contribution in [2.24, 2.45) is 16.7 Å². The second-order valence-electron chi connectivity index (χ2n) is 11.8. The van der Waals surface area contributed by atoms with Gasteiger partial charge in [-0.15, -0.1) is 0 Å². The predicted octanol–water partition coefficient (Wildman–Crippen LogP) is 4.58. The Hall–Kier alpha value is -2.84. The highest BCUT2D eigenvalue weighted by atomic mass is 16.6. The zero-order valence-corrected chi connectivity index (χ0v) is 21.9. The summed E-state index contributed by atoms with van der Waals surface area (Å²) < 4.78 is 23.1. The summed E-state index contributed by atoms with van der Waals surface area (Å²) in [5, 5.41) is 13.6. The average molecular weight is 510 g/mol. The number of hydrogen-bond acceptors (Lipinski definition) is 7. The number of hydrogen-bond donors (Lipinski definition) is 2. The standard InChI is InChI=1S/C29H35NO7/c1-6-35-25(33)30-22(17-11-12-34-15-17)23(31)24(32)36-21-13-20-26(3,4)27(21,5)28-14-16(2)18-9-7-8-10-19(18)29(20,28)37-28/h7-12,15-16,20-23,31H,6,13-14H2,1-5H3,(H,30,33)/t16-,20?,21?,22-,23+,27?,28-,29+/m0/s1. The molecule has 8 atom stereocenters. The number of epoxide rings is 1. The Morgan fingerprint density at radius 3 is 2.68 bits per heavy atom. The molecule has 1 amide bonds. The maximum absolute atomic E-state index is 13.4. The lowest BCUT2D eigenvalue weighted by Gasteiger charge is -2.46. The highest BCUT2D eigenvalue weighted by Gasteiger charge is 2.95. The summed E-state index contributed by atoms with van der Waals surface area (Å²) in [5.74, 6) is -0.305. The van der Waals surface area contributed by atoms with Crippen molar-refractivity contribution in [1.82, 2.24) is 5.32 Å². The minimum Gasteiger partial charge on any atom is -0.472 e. The van der Waals surface area contributed by atoms with Gasteiger partial charge >= 0.3 is 12.1 Å². The number of rotatable bonds is 6. The molecule has 8 heteroatoms. The second kappa shape index (κ2) is 7.84. The normalized spacial score (nSPS) is 37.5. The average Bonchev–Trinajstić information content (AvgIpc) is 3.13. The van der Waals surface area contributed by atoms with Crippen molar-refractivity contribution < 1.29 is 33.3 Å². The zero-order chi connectivity index (χ0) is 26.4. The van der Waals surface area contributed by atoms with E-state index in [9.17, 15) is 14.7 Å². The minimum atomic E-state index is -1.64. The van der Waals surface area contributed by atoms with E-state index in [1.54, 1.807) is 13.0 Å². The fourth-order valence-electron chi connectivity index (χ4n) is 8.35. The Kier molecular flexibility index (Phi) is 5.19. The van der Waals surface area contributed by atoms with Gasteiger partial charge in [-0.05, 0) is 48.3 Å². The Bertz CT molecular complexity index is 1240. The van der Waals surface area contributed by atoms with Gasteiger partial charge in [-0.1, -0.05) is 52.0 Å². The molecule has 8 nitrogen and oxygen atoms in total. The molecule has 4 aliphatic rings. The monoisotopic (exact) mass is 509 g/mol. The first-order chi connectivity index (χ1) is 17.5. The van der Waals surface area contributed by atoms with Gasteiger partial charge < -0.3 is 29.1 Å². The van der Waals surface area contributed by atoms with E-state index in [0.29, 0.717) is 17.9 Å². The van der Waals surface area contributed by atoms with E-state index in [0.717, 1.165) is 6.42 Å². The molecule has 37 heavy (non-hydrogen) atoms. The van der Waals surface area contributed by atoms with Gasteiger partial charge in [0.15, 0.2) is 6.10 Å². The third-order valence-corrected chi connectivity index (χ3v) is 10.3. The molecular weight excluding hydrogens is 474 g/mol. The molecule has 1 saturated heterocycles. The van der Waals surface area contributed by atoms with Crippen molar-refractivity contribution in [3.8, 4) is 0 Å². The van der Waals surface area contributed by atoms with Gasteiger partial charge in [0.1, 0.15) is 17.3 Å². The number of carbonyl (C=O) groups excluding carboxylic acids is 2. The van der Waals surface area contributed by atoms with E-state index in [4.69, 9.17) is 18.6 Å². The first kappa shape index (κ1) is 24.5. The van der Waals surface area contributed by atoms with Gasteiger partial charge in [0.2, 0.25) is 0 Å². The van der Waals surface area contributed by atoms with Crippen LogP contribution in [-0.4, -0.2) is 41.6 Å². The van der Waals surface area contributed by atoms with Crippen LogP contribution in [0.3, 0.4) is 0 Å². The highest BCUT2D eigenvalue weighted by molar-refractivity contribution is 5.78. The lowest BCUT2D eigenvalue weighted by Crippen LogP contribution is -2.53. The quantitative estimate of drug-likeness (QED) is 0.433. The molecule has 3 fully saturated rings. The lowest BCUT2D eigenvalue weighted by molar-refractivity contribution is -0.173. The molecule has 2 bridgehead atoms. The Morgan fingerprint density at radius 2 is 1.97 bits per heavy atom. The Balaban J connectivity index is 1.29.